The van der Waals surface area contributed by atoms with Crippen LogP contribution in [0.2, 0.25) is 0 Å². The number of hydrogen-bond acceptors (Lipinski definition) is 5. The van der Waals surface area contributed by atoms with E-state index in [0.29, 0.717) is 0 Å². The van der Waals surface area contributed by atoms with Gasteiger partial charge in [-0.1, -0.05) is 87.1 Å². The average Bonchev–Trinajstić information content (AvgIpc) is 3.46. The second-order valence-electron chi connectivity index (χ2n) is 9.77. The van der Waals surface area contributed by atoms with Crippen molar-refractivity contribution in [3.05, 3.63) is 59.9 Å². The van der Waals surface area contributed by atoms with Gasteiger partial charge in [0.2, 0.25) is 0 Å². The van der Waals surface area contributed by atoms with Crippen molar-refractivity contribution in [3.63, 3.8) is 0 Å². The molecule has 196 valence electrons. The fourth-order valence-corrected chi connectivity index (χ4v) is 4.61. The van der Waals surface area contributed by atoms with Gasteiger partial charge in [-0.25, -0.2) is 9.36 Å². The second-order valence-corrected chi connectivity index (χ2v) is 9.77. The van der Waals surface area contributed by atoms with Crippen LogP contribution < -0.4 is 4.74 Å². The number of ether oxygens (including phenoxy) is 1. The van der Waals surface area contributed by atoms with Crippen molar-refractivity contribution in [1.29, 1.82) is 0 Å². The molecule has 0 radical (unpaired) electrons. The molecule has 0 spiro atoms. The van der Waals surface area contributed by atoms with Crippen LogP contribution in [0.4, 0.5) is 0 Å². The zero-order chi connectivity index (χ0) is 26.0. The van der Waals surface area contributed by atoms with E-state index in [1.807, 2.05) is 45.8 Å². The van der Waals surface area contributed by atoms with E-state index in [2.05, 4.69) is 60.5 Å². The minimum absolute atomic E-state index is 0.767. The minimum atomic E-state index is 0.767. The Morgan fingerprint density at radius 3 is 1.51 bits per heavy atom. The summed E-state index contributed by atoms with van der Waals surface area (Å²) in [6.07, 6.45) is 9.69. The number of benzene rings is 2. The lowest BCUT2D eigenvalue weighted by Crippen LogP contribution is -2.02. The molecule has 0 unspecified atom stereocenters. The number of aromatic nitrogens is 6. The van der Waals surface area contributed by atoms with Crippen molar-refractivity contribution in [2.75, 3.05) is 0 Å². The first-order valence-corrected chi connectivity index (χ1v) is 13.8. The summed E-state index contributed by atoms with van der Waals surface area (Å²) in [5, 5.41) is 17.7. The molecular formula is C30H40N6O. The fraction of sp³-hybridized carbons (Fsp3) is 0.467. The van der Waals surface area contributed by atoms with Gasteiger partial charge in [0.05, 0.1) is 11.4 Å². The molecule has 2 aromatic heterocycles. The molecule has 0 bridgehead atoms. The maximum atomic E-state index is 6.27. The Hall–Kier alpha value is -3.48. The summed E-state index contributed by atoms with van der Waals surface area (Å²) in [7, 11) is 0. The van der Waals surface area contributed by atoms with Crippen LogP contribution in [0, 0.1) is 13.8 Å². The van der Waals surface area contributed by atoms with Gasteiger partial charge in [-0.2, -0.15) is 0 Å². The summed E-state index contributed by atoms with van der Waals surface area (Å²) in [5.74, 6) is 1.53. The normalized spacial score (nSPS) is 11.2. The molecule has 2 heterocycles. The molecule has 7 heteroatoms. The number of hydrogen-bond donors (Lipinski definition) is 0. The third kappa shape index (κ3) is 6.85. The third-order valence-electron chi connectivity index (χ3n) is 6.86. The van der Waals surface area contributed by atoms with Gasteiger partial charge in [-0.3, -0.25) is 0 Å². The standard InChI is InChI=1S/C30H40N6O/c1-5-7-9-11-19-35-23(3)29(31-33-35)25-15-13-17-27(21-25)37-28-18-14-16-26(22-28)30-24(4)36(34-32-30)20-12-10-8-6-2/h13-18,21-22H,5-12,19-20H2,1-4H3. The quantitative estimate of drug-likeness (QED) is 0.165. The van der Waals surface area contributed by atoms with Crippen LogP contribution in [-0.4, -0.2) is 30.0 Å². The lowest BCUT2D eigenvalue weighted by atomic mass is 10.1. The molecule has 0 aliphatic heterocycles. The van der Waals surface area contributed by atoms with Crippen molar-refractivity contribution >= 4 is 0 Å². The van der Waals surface area contributed by atoms with Gasteiger partial charge in [0.15, 0.2) is 0 Å². The van der Waals surface area contributed by atoms with Gasteiger partial charge in [0, 0.05) is 24.2 Å². The van der Waals surface area contributed by atoms with Gasteiger partial charge in [0.1, 0.15) is 22.9 Å². The maximum Gasteiger partial charge on any atom is 0.128 e. The van der Waals surface area contributed by atoms with Crippen LogP contribution in [-0.2, 0) is 13.1 Å². The average molecular weight is 501 g/mol. The van der Waals surface area contributed by atoms with E-state index in [1.54, 1.807) is 0 Å². The monoisotopic (exact) mass is 500 g/mol. The van der Waals surface area contributed by atoms with Crippen molar-refractivity contribution < 1.29 is 4.74 Å². The molecule has 7 nitrogen and oxygen atoms in total. The van der Waals surface area contributed by atoms with Crippen molar-refractivity contribution in [3.8, 4) is 34.0 Å². The van der Waals surface area contributed by atoms with Gasteiger partial charge in [0.25, 0.3) is 0 Å². The molecule has 0 atom stereocenters. The topological polar surface area (TPSA) is 70.7 Å². The van der Waals surface area contributed by atoms with Gasteiger partial charge in [-0.05, 0) is 51.0 Å². The van der Waals surface area contributed by atoms with Crippen molar-refractivity contribution in [2.45, 2.75) is 92.2 Å². The Morgan fingerprint density at radius 1 is 0.622 bits per heavy atom. The van der Waals surface area contributed by atoms with E-state index in [9.17, 15) is 0 Å². The number of rotatable bonds is 14. The first-order chi connectivity index (χ1) is 18.1. The van der Waals surface area contributed by atoms with Crippen LogP contribution in [0.3, 0.4) is 0 Å². The van der Waals surface area contributed by atoms with Crippen LogP contribution in [0.25, 0.3) is 22.5 Å². The van der Waals surface area contributed by atoms with E-state index >= 15 is 0 Å². The van der Waals surface area contributed by atoms with Crippen molar-refractivity contribution in [1.82, 2.24) is 30.0 Å². The number of aryl methyl sites for hydroxylation is 2. The lowest BCUT2D eigenvalue weighted by molar-refractivity contribution is 0.483. The van der Waals surface area contributed by atoms with Crippen LogP contribution in [0.15, 0.2) is 48.5 Å². The molecule has 0 fully saturated rings. The minimum Gasteiger partial charge on any atom is -0.457 e. The number of nitrogens with zero attached hydrogens (tertiary/aromatic N) is 6. The molecule has 2 aromatic carbocycles. The predicted molar refractivity (Wildman–Crippen MR) is 149 cm³/mol. The highest BCUT2D eigenvalue weighted by molar-refractivity contribution is 5.65. The van der Waals surface area contributed by atoms with Gasteiger partial charge >= 0.3 is 0 Å². The number of unbranched alkanes of at least 4 members (excludes halogenated alkanes) is 6. The second kappa shape index (κ2) is 13.2. The fourth-order valence-electron chi connectivity index (χ4n) is 4.61. The lowest BCUT2D eigenvalue weighted by Gasteiger charge is -2.09. The van der Waals surface area contributed by atoms with Crippen LogP contribution in [0.5, 0.6) is 11.5 Å². The zero-order valence-electron chi connectivity index (χ0n) is 22.8. The van der Waals surface area contributed by atoms with Gasteiger partial charge < -0.3 is 4.74 Å². The maximum absolute atomic E-state index is 6.27. The first kappa shape index (κ1) is 26.6. The summed E-state index contributed by atoms with van der Waals surface area (Å²) < 4.78 is 10.3. The summed E-state index contributed by atoms with van der Waals surface area (Å²) in [4.78, 5) is 0. The Balaban J connectivity index is 1.45. The van der Waals surface area contributed by atoms with E-state index in [4.69, 9.17) is 4.74 Å². The van der Waals surface area contributed by atoms with Crippen molar-refractivity contribution in [2.24, 2.45) is 0 Å². The molecule has 4 rings (SSSR count). The predicted octanol–water partition coefficient (Wildman–Crippen LogP) is 7.77. The Kier molecular flexibility index (Phi) is 9.46. The van der Waals surface area contributed by atoms with Gasteiger partial charge in [-0.15, -0.1) is 10.2 Å². The Morgan fingerprint density at radius 2 is 1.08 bits per heavy atom. The van der Waals surface area contributed by atoms with Crippen LogP contribution in [0.1, 0.15) is 76.6 Å². The zero-order valence-corrected chi connectivity index (χ0v) is 22.8. The van der Waals surface area contributed by atoms with E-state index in [-0.39, 0.29) is 0 Å². The first-order valence-electron chi connectivity index (χ1n) is 13.8. The molecule has 4 aromatic rings. The highest BCUT2D eigenvalue weighted by atomic mass is 16.5. The summed E-state index contributed by atoms with van der Waals surface area (Å²) >= 11 is 0. The Bertz CT molecular complexity index is 1180. The smallest absolute Gasteiger partial charge is 0.128 e. The molecule has 0 aliphatic rings. The van der Waals surface area contributed by atoms with E-state index < -0.39 is 0 Å². The molecule has 0 amide bonds. The molecule has 37 heavy (non-hydrogen) atoms. The summed E-state index contributed by atoms with van der Waals surface area (Å²) in [6, 6.07) is 16.1. The Labute approximate surface area is 220 Å². The summed E-state index contributed by atoms with van der Waals surface area (Å²) in [5.41, 5.74) is 6.00. The molecule has 0 N–H and O–H groups in total. The summed E-state index contributed by atoms with van der Waals surface area (Å²) in [6.45, 7) is 10.4. The molecule has 0 saturated heterocycles. The SMILES string of the molecule is CCCCCCn1nnc(-c2cccc(Oc3cccc(-c4nnn(CCCCCC)c4C)c3)c2)c1C. The van der Waals surface area contributed by atoms with Crippen LogP contribution >= 0.6 is 0 Å². The third-order valence-corrected chi connectivity index (χ3v) is 6.86. The van der Waals surface area contributed by atoms with E-state index in [0.717, 1.165) is 71.3 Å². The van der Waals surface area contributed by atoms with E-state index in [1.165, 1.54) is 38.5 Å². The largest absolute Gasteiger partial charge is 0.457 e. The molecule has 0 aliphatic carbocycles. The highest BCUT2D eigenvalue weighted by Gasteiger charge is 2.14. The highest BCUT2D eigenvalue weighted by Crippen LogP contribution is 2.31. The molecular weight excluding hydrogens is 460 g/mol. The molecule has 0 saturated carbocycles.